The first-order chi connectivity index (χ1) is 29.2. The lowest BCUT2D eigenvalue weighted by Gasteiger charge is -2.24. The molecule has 3 atom stereocenters. The van der Waals surface area contributed by atoms with E-state index in [1.807, 2.05) is 0 Å². The van der Waals surface area contributed by atoms with E-state index in [-0.39, 0.29) is 61.7 Å². The first-order valence-corrected chi connectivity index (χ1v) is 21.1. The molecule has 0 radical (unpaired) electrons. The van der Waals surface area contributed by atoms with E-state index in [4.69, 9.17) is 21.1 Å². The number of hydrogen-bond donors (Lipinski definition) is 2. The van der Waals surface area contributed by atoms with Gasteiger partial charge in [-0.15, -0.1) is 0 Å². The lowest BCUT2D eigenvalue weighted by Crippen LogP contribution is -2.38. The molecule has 2 N–H and O–H groups in total. The van der Waals surface area contributed by atoms with Crippen LogP contribution in [0.1, 0.15) is 64.6 Å². The standard InChI is InChI=1S/C40H32ClF6N9O5S/c1-16-30(17(2)61-52-16)19-5-6-22-26(12-19)49-38(56(39(22)58)28-8-7-25(41)32-34(28)54(3)51-37(32)53-62(4,59)60)27(11-18-9-20(42)13-21(43)10-18)48-29(57)15-55-35-31(33(50-55)36(44)45)23-14-24(23)40(35,46)47/h5-10,12-13,23-24,27,36H,11,14-15H2,1-4H3,(H,48,57)(H,51,53)/t23-,24+,27-/m0/s1. The van der Waals surface area contributed by atoms with Crippen molar-refractivity contribution in [3.63, 3.8) is 0 Å². The average Bonchev–Trinajstić information content (AvgIpc) is 3.53. The molecule has 4 aromatic heterocycles. The van der Waals surface area contributed by atoms with Gasteiger partial charge in [0, 0.05) is 36.6 Å². The number of halogens is 7. The number of aromatic nitrogens is 7. The Kier molecular flexibility index (Phi) is 9.58. The van der Waals surface area contributed by atoms with Crippen molar-refractivity contribution in [1.82, 2.24) is 39.6 Å². The summed E-state index contributed by atoms with van der Waals surface area (Å²) in [4.78, 5) is 34.1. The molecule has 0 saturated heterocycles. The van der Waals surface area contributed by atoms with Crippen molar-refractivity contribution in [1.29, 1.82) is 0 Å². The smallest absolute Gasteiger partial charge is 0.293 e. The summed E-state index contributed by atoms with van der Waals surface area (Å²) in [6.45, 7) is 2.41. The van der Waals surface area contributed by atoms with Crippen LogP contribution in [0.4, 0.5) is 32.2 Å². The number of carbonyl (C=O) groups is 1. The fourth-order valence-electron chi connectivity index (χ4n) is 8.63. The summed E-state index contributed by atoms with van der Waals surface area (Å²) in [5.41, 5.74) is -0.858. The quantitative estimate of drug-likeness (QED) is 0.127. The number of amides is 1. The van der Waals surface area contributed by atoms with E-state index in [9.17, 15) is 30.8 Å². The summed E-state index contributed by atoms with van der Waals surface area (Å²) in [5.74, 6) is -8.60. The summed E-state index contributed by atoms with van der Waals surface area (Å²) < 4.78 is 124. The third kappa shape index (κ3) is 6.86. The van der Waals surface area contributed by atoms with E-state index in [1.165, 1.54) is 29.9 Å². The summed E-state index contributed by atoms with van der Waals surface area (Å²) in [7, 11) is -2.46. The molecule has 2 aliphatic rings. The fraction of sp³-hybridized carbons (Fsp3) is 0.300. The molecular formula is C40H32ClF6N9O5S. The predicted molar refractivity (Wildman–Crippen MR) is 213 cm³/mol. The van der Waals surface area contributed by atoms with Crippen LogP contribution in [0.25, 0.3) is 38.6 Å². The normalized spacial score (nSPS) is 17.2. The molecule has 2 aliphatic carbocycles. The van der Waals surface area contributed by atoms with Crippen molar-refractivity contribution in [3.05, 3.63) is 115 Å². The Bertz CT molecular complexity index is 3180. The molecule has 0 bridgehead atoms. The predicted octanol–water partition coefficient (Wildman–Crippen LogP) is 7.29. The topological polar surface area (TPSA) is 172 Å². The highest BCUT2D eigenvalue weighted by Crippen LogP contribution is 2.68. The Morgan fingerprint density at radius 2 is 1.79 bits per heavy atom. The summed E-state index contributed by atoms with van der Waals surface area (Å²) in [6.07, 6.45) is -2.78. The van der Waals surface area contributed by atoms with E-state index in [0.29, 0.717) is 33.3 Å². The maximum absolute atomic E-state index is 15.5. The molecule has 22 heteroatoms. The number of hydrogen-bond acceptors (Lipinski definition) is 9. The second kappa shape index (κ2) is 14.4. The van der Waals surface area contributed by atoms with Crippen LogP contribution in [0.3, 0.4) is 0 Å². The largest absolute Gasteiger partial charge is 0.361 e. The Balaban J connectivity index is 1.27. The molecule has 0 aliphatic heterocycles. The van der Waals surface area contributed by atoms with Gasteiger partial charge in [0.25, 0.3) is 17.9 Å². The minimum absolute atomic E-state index is 0.00651. The van der Waals surface area contributed by atoms with Gasteiger partial charge in [-0.3, -0.25) is 28.2 Å². The van der Waals surface area contributed by atoms with Crippen molar-refractivity contribution >= 4 is 55.2 Å². The molecule has 9 rings (SSSR count). The number of sulfonamides is 1. The Labute approximate surface area is 351 Å². The molecule has 0 spiro atoms. The van der Waals surface area contributed by atoms with Crippen molar-refractivity contribution in [3.8, 4) is 16.8 Å². The van der Waals surface area contributed by atoms with E-state index in [2.05, 4.69) is 25.4 Å². The minimum Gasteiger partial charge on any atom is -0.361 e. The Morgan fingerprint density at radius 1 is 1.06 bits per heavy atom. The van der Waals surface area contributed by atoms with Crippen LogP contribution in [-0.4, -0.2) is 54.8 Å². The van der Waals surface area contributed by atoms with Crippen molar-refractivity contribution in [2.75, 3.05) is 11.0 Å². The lowest BCUT2D eigenvalue weighted by molar-refractivity contribution is -0.123. The molecule has 7 aromatic rings. The zero-order valence-corrected chi connectivity index (χ0v) is 34.3. The number of nitrogens with one attached hydrogen (secondary N) is 2. The molecule has 1 fully saturated rings. The summed E-state index contributed by atoms with van der Waals surface area (Å²) >= 11 is 6.63. The monoisotopic (exact) mass is 899 g/mol. The second-order valence-electron chi connectivity index (χ2n) is 15.5. The molecule has 1 saturated carbocycles. The van der Waals surface area contributed by atoms with Crippen LogP contribution in [0.2, 0.25) is 5.02 Å². The molecule has 3 aromatic carbocycles. The number of anilines is 1. The number of nitrogens with zero attached hydrogens (tertiary/aromatic N) is 7. The van der Waals surface area contributed by atoms with Gasteiger partial charge in [0.15, 0.2) is 5.82 Å². The van der Waals surface area contributed by atoms with Gasteiger partial charge in [-0.1, -0.05) is 22.8 Å². The van der Waals surface area contributed by atoms with Gasteiger partial charge in [0.05, 0.1) is 50.5 Å². The fourth-order valence-corrected chi connectivity index (χ4v) is 9.37. The number of carbonyl (C=O) groups excluding carboxylic acids is 1. The number of benzene rings is 3. The Morgan fingerprint density at radius 3 is 2.45 bits per heavy atom. The van der Waals surface area contributed by atoms with Crippen LogP contribution in [0, 0.1) is 31.4 Å². The van der Waals surface area contributed by atoms with Crippen LogP contribution < -0.4 is 15.6 Å². The molecule has 62 heavy (non-hydrogen) atoms. The highest BCUT2D eigenvalue weighted by Gasteiger charge is 2.67. The zero-order valence-electron chi connectivity index (χ0n) is 32.8. The molecular weight excluding hydrogens is 868 g/mol. The molecule has 14 nitrogen and oxygen atoms in total. The number of alkyl halides is 4. The highest BCUT2D eigenvalue weighted by molar-refractivity contribution is 7.92. The molecule has 322 valence electrons. The number of fused-ring (bicyclic) bond motifs is 5. The zero-order chi connectivity index (χ0) is 44.3. The maximum atomic E-state index is 15.5. The van der Waals surface area contributed by atoms with E-state index >= 15 is 13.6 Å². The van der Waals surface area contributed by atoms with Crippen LogP contribution in [0.5, 0.6) is 0 Å². The lowest BCUT2D eigenvalue weighted by atomic mass is 10.0. The van der Waals surface area contributed by atoms with Gasteiger partial charge >= 0.3 is 0 Å². The first-order valence-electron chi connectivity index (χ1n) is 18.9. The van der Waals surface area contributed by atoms with E-state index in [0.717, 1.165) is 23.0 Å². The highest BCUT2D eigenvalue weighted by atomic mass is 35.5. The SMILES string of the molecule is Cc1noc(C)c1-c1ccc2c(=O)n(-c3ccc(Cl)c4c(NS(C)(=O)=O)nn(C)c34)c([C@H](Cc3cc(F)cc(F)c3)NC(=O)Cn3nc(C(F)F)c4c3C(F)(F)[C@@H]3C[C@H]43)nc2c1. The third-order valence-electron chi connectivity index (χ3n) is 11.1. The van der Waals surface area contributed by atoms with Gasteiger partial charge in [0.2, 0.25) is 15.9 Å². The molecule has 1 amide bonds. The maximum Gasteiger partial charge on any atom is 0.293 e. The third-order valence-corrected chi connectivity index (χ3v) is 12.0. The van der Waals surface area contributed by atoms with Crippen LogP contribution in [0.15, 0.2) is 57.8 Å². The van der Waals surface area contributed by atoms with Crippen molar-refractivity contribution in [2.24, 2.45) is 13.0 Å². The van der Waals surface area contributed by atoms with Gasteiger partial charge in [-0.05, 0) is 73.7 Å². The summed E-state index contributed by atoms with van der Waals surface area (Å²) in [5, 5.41) is 14.9. The Hall–Kier alpha value is -6.22. The summed E-state index contributed by atoms with van der Waals surface area (Å²) in [6, 6.07) is 8.55. The van der Waals surface area contributed by atoms with E-state index < -0.39 is 87.7 Å². The second-order valence-corrected chi connectivity index (χ2v) is 17.6. The van der Waals surface area contributed by atoms with Crippen molar-refractivity contribution in [2.45, 2.75) is 57.5 Å². The van der Waals surface area contributed by atoms with Crippen LogP contribution >= 0.6 is 11.6 Å². The molecule has 0 unspecified atom stereocenters. The van der Waals surface area contributed by atoms with Gasteiger partial charge in [-0.25, -0.2) is 31.0 Å². The minimum atomic E-state index is -3.91. The first kappa shape index (κ1) is 41.1. The van der Waals surface area contributed by atoms with Crippen molar-refractivity contribution < 1.29 is 44.1 Å². The van der Waals surface area contributed by atoms with Crippen LogP contribution in [-0.2, 0) is 40.8 Å². The van der Waals surface area contributed by atoms with Gasteiger partial charge in [0.1, 0.15) is 41.2 Å². The molecule has 4 heterocycles. The number of rotatable bonds is 11. The average molecular weight is 900 g/mol. The van der Waals surface area contributed by atoms with Gasteiger partial charge in [-0.2, -0.15) is 19.0 Å². The number of aryl methyl sites for hydroxylation is 3. The van der Waals surface area contributed by atoms with E-state index in [1.54, 1.807) is 26.0 Å². The van der Waals surface area contributed by atoms with Gasteiger partial charge < -0.3 is 9.84 Å².